The van der Waals surface area contributed by atoms with Gasteiger partial charge in [0.15, 0.2) is 6.61 Å². The smallest absolute Gasteiger partial charge is 0.344 e. The Morgan fingerprint density at radius 2 is 1.93 bits per heavy atom. The second-order valence-corrected chi connectivity index (χ2v) is 7.09. The molecular weight excluding hydrogens is 402 g/mol. The standard InChI is InChI=1S/C20H16ClNO5S/c1-2-26-18(23)12-27-16-8-6-13(7-9-16)10-17-19(24)22(20(25)28-17)15-5-3-4-14(21)11-15/h3-11H,2,12H2,1H3/b17-10+. The third kappa shape index (κ3) is 4.74. The maximum absolute atomic E-state index is 12.6. The van der Waals surface area contributed by atoms with Crippen molar-refractivity contribution in [3.63, 3.8) is 0 Å². The van der Waals surface area contributed by atoms with E-state index in [1.54, 1.807) is 61.5 Å². The van der Waals surface area contributed by atoms with Gasteiger partial charge in [0.25, 0.3) is 11.1 Å². The molecule has 0 spiro atoms. The maximum Gasteiger partial charge on any atom is 0.344 e. The summed E-state index contributed by atoms with van der Waals surface area (Å²) < 4.78 is 10.1. The molecule has 1 fully saturated rings. The number of esters is 1. The first-order chi connectivity index (χ1) is 13.5. The van der Waals surface area contributed by atoms with Crippen LogP contribution in [0.2, 0.25) is 5.02 Å². The molecule has 3 rings (SSSR count). The summed E-state index contributed by atoms with van der Waals surface area (Å²) in [6.07, 6.45) is 1.63. The molecule has 0 bridgehead atoms. The van der Waals surface area contributed by atoms with Gasteiger partial charge in [0.1, 0.15) is 5.75 Å². The van der Waals surface area contributed by atoms with Crippen molar-refractivity contribution in [2.75, 3.05) is 18.1 Å². The zero-order valence-electron chi connectivity index (χ0n) is 14.9. The lowest BCUT2D eigenvalue weighted by Gasteiger charge is -2.12. The molecule has 0 aliphatic carbocycles. The number of imide groups is 1. The summed E-state index contributed by atoms with van der Waals surface area (Å²) in [6, 6.07) is 13.4. The fourth-order valence-electron chi connectivity index (χ4n) is 2.46. The van der Waals surface area contributed by atoms with Crippen LogP contribution in [0, 0.1) is 0 Å². The lowest BCUT2D eigenvalue weighted by molar-refractivity contribution is -0.145. The van der Waals surface area contributed by atoms with Crippen molar-refractivity contribution in [2.24, 2.45) is 0 Å². The number of anilines is 1. The molecule has 1 aliphatic heterocycles. The van der Waals surface area contributed by atoms with Crippen molar-refractivity contribution < 1.29 is 23.9 Å². The van der Waals surface area contributed by atoms with Gasteiger partial charge in [0.2, 0.25) is 0 Å². The van der Waals surface area contributed by atoms with Crippen molar-refractivity contribution in [3.8, 4) is 5.75 Å². The van der Waals surface area contributed by atoms with Crippen LogP contribution in [-0.4, -0.2) is 30.3 Å². The average Bonchev–Trinajstić information content (AvgIpc) is 2.94. The van der Waals surface area contributed by atoms with Gasteiger partial charge in [-0.05, 0) is 60.7 Å². The molecule has 1 saturated heterocycles. The van der Waals surface area contributed by atoms with E-state index in [-0.39, 0.29) is 11.8 Å². The highest BCUT2D eigenvalue weighted by atomic mass is 35.5. The zero-order chi connectivity index (χ0) is 20.1. The van der Waals surface area contributed by atoms with E-state index in [1.807, 2.05) is 0 Å². The molecule has 2 aromatic rings. The Hall–Kier alpha value is -2.77. The van der Waals surface area contributed by atoms with E-state index < -0.39 is 11.9 Å². The molecule has 0 saturated carbocycles. The number of hydrogen-bond donors (Lipinski definition) is 0. The summed E-state index contributed by atoms with van der Waals surface area (Å²) in [5.41, 5.74) is 1.15. The van der Waals surface area contributed by atoms with Crippen molar-refractivity contribution in [1.82, 2.24) is 0 Å². The number of halogens is 1. The molecule has 2 aromatic carbocycles. The number of carbonyl (C=O) groups excluding carboxylic acids is 3. The Morgan fingerprint density at radius 3 is 2.61 bits per heavy atom. The number of ether oxygens (including phenoxy) is 2. The van der Waals surface area contributed by atoms with E-state index in [0.29, 0.717) is 28.0 Å². The van der Waals surface area contributed by atoms with Gasteiger partial charge in [0.05, 0.1) is 17.2 Å². The van der Waals surface area contributed by atoms with Gasteiger partial charge in [-0.3, -0.25) is 9.59 Å². The van der Waals surface area contributed by atoms with Crippen molar-refractivity contribution in [3.05, 3.63) is 64.0 Å². The van der Waals surface area contributed by atoms with Crippen LogP contribution in [-0.2, 0) is 14.3 Å². The van der Waals surface area contributed by atoms with E-state index >= 15 is 0 Å². The number of hydrogen-bond acceptors (Lipinski definition) is 6. The quantitative estimate of drug-likeness (QED) is 0.508. The molecule has 2 amide bonds. The fourth-order valence-corrected chi connectivity index (χ4v) is 3.49. The second-order valence-electron chi connectivity index (χ2n) is 5.66. The van der Waals surface area contributed by atoms with Crippen LogP contribution in [0.25, 0.3) is 6.08 Å². The molecule has 144 valence electrons. The summed E-state index contributed by atoms with van der Waals surface area (Å²) in [5, 5.41) is 0.0619. The lowest BCUT2D eigenvalue weighted by atomic mass is 10.2. The van der Waals surface area contributed by atoms with E-state index in [1.165, 1.54) is 0 Å². The molecule has 6 nitrogen and oxygen atoms in total. The minimum Gasteiger partial charge on any atom is -0.482 e. The van der Waals surface area contributed by atoms with Crippen molar-refractivity contribution >= 4 is 52.2 Å². The first-order valence-electron chi connectivity index (χ1n) is 8.40. The van der Waals surface area contributed by atoms with Gasteiger partial charge in [-0.15, -0.1) is 0 Å². The lowest BCUT2D eigenvalue weighted by Crippen LogP contribution is -2.27. The molecule has 1 heterocycles. The highest BCUT2D eigenvalue weighted by molar-refractivity contribution is 8.19. The molecule has 28 heavy (non-hydrogen) atoms. The van der Waals surface area contributed by atoms with Crippen LogP contribution in [0.1, 0.15) is 12.5 Å². The van der Waals surface area contributed by atoms with Crippen LogP contribution >= 0.6 is 23.4 Å². The number of nitrogens with zero attached hydrogens (tertiary/aromatic N) is 1. The minimum absolute atomic E-state index is 0.175. The maximum atomic E-state index is 12.6. The summed E-state index contributed by atoms with van der Waals surface area (Å²) >= 11 is 6.82. The van der Waals surface area contributed by atoms with Crippen molar-refractivity contribution in [2.45, 2.75) is 6.92 Å². The Bertz CT molecular complexity index is 942. The first-order valence-corrected chi connectivity index (χ1v) is 9.59. The summed E-state index contributed by atoms with van der Waals surface area (Å²) in [7, 11) is 0. The second kappa shape index (κ2) is 8.95. The normalized spacial score (nSPS) is 15.2. The summed E-state index contributed by atoms with van der Waals surface area (Å²) in [4.78, 5) is 37.6. The number of carbonyl (C=O) groups is 3. The number of rotatable bonds is 6. The summed E-state index contributed by atoms with van der Waals surface area (Å²) in [5.74, 6) is -0.349. The molecule has 8 heteroatoms. The Balaban J connectivity index is 1.71. The minimum atomic E-state index is -0.443. The van der Waals surface area contributed by atoms with Crippen molar-refractivity contribution in [1.29, 1.82) is 0 Å². The van der Waals surface area contributed by atoms with Gasteiger partial charge in [-0.1, -0.05) is 29.8 Å². The fraction of sp³-hybridized carbons (Fsp3) is 0.150. The highest BCUT2D eigenvalue weighted by Gasteiger charge is 2.36. The van der Waals surface area contributed by atoms with Gasteiger partial charge in [0, 0.05) is 5.02 Å². The average molecular weight is 418 g/mol. The monoisotopic (exact) mass is 417 g/mol. The first kappa shape index (κ1) is 20.0. The van der Waals surface area contributed by atoms with Crippen LogP contribution in [0.15, 0.2) is 53.4 Å². The predicted molar refractivity (Wildman–Crippen MR) is 108 cm³/mol. The topological polar surface area (TPSA) is 72.9 Å². The molecule has 0 radical (unpaired) electrons. The summed E-state index contributed by atoms with van der Waals surface area (Å²) in [6.45, 7) is 1.85. The third-order valence-electron chi connectivity index (χ3n) is 3.70. The number of amides is 2. The van der Waals surface area contributed by atoms with Crippen LogP contribution < -0.4 is 9.64 Å². The van der Waals surface area contributed by atoms with Crippen LogP contribution in [0.3, 0.4) is 0 Å². The zero-order valence-corrected chi connectivity index (χ0v) is 16.5. The number of thioether (sulfide) groups is 1. The van der Waals surface area contributed by atoms with Gasteiger partial charge < -0.3 is 9.47 Å². The van der Waals surface area contributed by atoms with Gasteiger partial charge in [-0.25, -0.2) is 9.69 Å². The predicted octanol–water partition coefficient (Wildman–Crippen LogP) is 4.52. The largest absolute Gasteiger partial charge is 0.482 e. The van der Waals surface area contributed by atoms with E-state index in [9.17, 15) is 14.4 Å². The number of benzene rings is 2. The van der Waals surface area contributed by atoms with Gasteiger partial charge in [-0.2, -0.15) is 0 Å². The molecule has 0 atom stereocenters. The van der Waals surface area contributed by atoms with Gasteiger partial charge >= 0.3 is 5.97 Å². The molecular formula is C20H16ClNO5S. The molecule has 0 unspecified atom stereocenters. The Kier molecular flexibility index (Phi) is 6.38. The molecule has 0 N–H and O–H groups in total. The third-order valence-corrected chi connectivity index (χ3v) is 4.80. The van der Waals surface area contributed by atoms with E-state index in [2.05, 4.69) is 0 Å². The van der Waals surface area contributed by atoms with E-state index in [4.69, 9.17) is 21.1 Å². The Labute approximate surface area is 171 Å². The molecule has 1 aliphatic rings. The van der Waals surface area contributed by atoms with Crippen LogP contribution in [0.4, 0.5) is 10.5 Å². The highest BCUT2D eigenvalue weighted by Crippen LogP contribution is 2.36. The SMILES string of the molecule is CCOC(=O)COc1ccc(/C=C2/SC(=O)N(c3cccc(Cl)c3)C2=O)cc1. The van der Waals surface area contributed by atoms with E-state index in [0.717, 1.165) is 22.2 Å². The molecule has 0 aromatic heterocycles. The Morgan fingerprint density at radius 1 is 1.18 bits per heavy atom. The van der Waals surface area contributed by atoms with Crippen LogP contribution in [0.5, 0.6) is 5.75 Å².